The number of hydrogen-bond donors (Lipinski definition) is 2. The number of ether oxygens (including phenoxy) is 2. The fourth-order valence-electron chi connectivity index (χ4n) is 3.73. The van der Waals surface area contributed by atoms with Crippen molar-refractivity contribution in [2.75, 3.05) is 12.4 Å². The number of rotatable bonds is 8. The maximum atomic E-state index is 12.7. The van der Waals surface area contributed by atoms with E-state index in [2.05, 4.69) is 5.32 Å². The summed E-state index contributed by atoms with van der Waals surface area (Å²) in [6, 6.07) is 7.93. The number of thioether (sulfide) groups is 1. The second-order valence-electron chi connectivity index (χ2n) is 8.20. The predicted octanol–water partition coefficient (Wildman–Crippen LogP) is 2.39. The fraction of sp³-hybridized carbons (Fsp3) is 0.333. The first-order valence-electron chi connectivity index (χ1n) is 10.8. The van der Waals surface area contributed by atoms with Crippen molar-refractivity contribution in [1.29, 1.82) is 0 Å². The van der Waals surface area contributed by atoms with E-state index in [0.717, 1.165) is 16.0 Å². The van der Waals surface area contributed by atoms with Gasteiger partial charge < -0.3 is 24.3 Å². The molecule has 2 atom stereocenters. The maximum Gasteiger partial charge on any atom is 0.352 e. The number of nitrogens with zero attached hydrogens (tertiary/aromatic N) is 1. The van der Waals surface area contributed by atoms with Crippen LogP contribution in [0.4, 0.5) is 0 Å². The molecule has 3 heterocycles. The zero-order valence-corrected chi connectivity index (χ0v) is 20.1. The lowest BCUT2D eigenvalue weighted by Gasteiger charge is -2.49. The SMILES string of the molecule is CC(=O)OCC1=C(C(=O)O)N2C(=O)[C@H](NC(=O)c3ccc(COc4ccc(C)c(C)c4)o3)[C@H]2SC1. The van der Waals surface area contributed by atoms with Crippen molar-refractivity contribution in [1.82, 2.24) is 10.2 Å². The monoisotopic (exact) mass is 500 g/mol. The summed E-state index contributed by atoms with van der Waals surface area (Å²) >= 11 is 1.28. The van der Waals surface area contributed by atoms with Crippen LogP contribution in [0.15, 0.2) is 46.0 Å². The summed E-state index contributed by atoms with van der Waals surface area (Å²) in [5.74, 6) is -1.61. The molecule has 11 heteroatoms. The Morgan fingerprint density at radius 2 is 1.94 bits per heavy atom. The first kappa shape index (κ1) is 24.4. The first-order valence-corrected chi connectivity index (χ1v) is 11.8. The van der Waals surface area contributed by atoms with Gasteiger partial charge in [0.1, 0.15) is 41.8 Å². The highest BCUT2D eigenvalue weighted by Gasteiger charge is 2.54. The standard InChI is InChI=1S/C24H24N2O8S/c1-12-4-5-16(8-13(12)2)33-10-17-6-7-18(34-17)21(28)25-19-22(29)26-20(24(30)31)15(9-32-14(3)27)11-35-23(19)26/h4-8,19,23H,9-11H2,1-3H3,(H,25,28)(H,30,31)/t19-,23+/m0/s1. The van der Waals surface area contributed by atoms with E-state index in [-0.39, 0.29) is 30.4 Å². The number of carbonyl (C=O) groups is 4. The van der Waals surface area contributed by atoms with Crippen LogP contribution in [0.2, 0.25) is 0 Å². The number of carbonyl (C=O) groups excluding carboxylic acids is 3. The molecular weight excluding hydrogens is 476 g/mol. The Kier molecular flexibility index (Phi) is 6.88. The largest absolute Gasteiger partial charge is 0.486 e. The van der Waals surface area contributed by atoms with Crippen LogP contribution in [-0.4, -0.2) is 57.5 Å². The van der Waals surface area contributed by atoms with Crippen LogP contribution < -0.4 is 10.1 Å². The molecule has 0 bridgehead atoms. The Hall–Kier alpha value is -3.73. The summed E-state index contributed by atoms with van der Waals surface area (Å²) in [7, 11) is 0. The molecule has 2 aliphatic heterocycles. The number of carboxylic acids is 1. The molecule has 1 saturated heterocycles. The molecule has 0 unspecified atom stereocenters. The highest BCUT2D eigenvalue weighted by Crippen LogP contribution is 2.40. The molecule has 0 radical (unpaired) electrons. The summed E-state index contributed by atoms with van der Waals surface area (Å²) in [6.07, 6.45) is 0. The lowest BCUT2D eigenvalue weighted by atomic mass is 10.0. The van der Waals surface area contributed by atoms with Gasteiger partial charge in [0.15, 0.2) is 5.76 Å². The molecule has 2 aliphatic rings. The average molecular weight is 501 g/mol. The van der Waals surface area contributed by atoms with E-state index < -0.39 is 35.2 Å². The number of carboxylic acid groups (broad SMARTS) is 1. The van der Waals surface area contributed by atoms with Crippen LogP contribution in [0.5, 0.6) is 5.75 Å². The summed E-state index contributed by atoms with van der Waals surface area (Å²) in [6.45, 7) is 5.13. The molecule has 184 valence electrons. The highest BCUT2D eigenvalue weighted by atomic mass is 32.2. The lowest BCUT2D eigenvalue weighted by Crippen LogP contribution is -2.70. The van der Waals surface area contributed by atoms with Gasteiger partial charge in [-0.25, -0.2) is 4.79 Å². The topological polar surface area (TPSA) is 135 Å². The van der Waals surface area contributed by atoms with Gasteiger partial charge in [-0.2, -0.15) is 0 Å². The van der Waals surface area contributed by atoms with E-state index in [1.807, 2.05) is 32.0 Å². The molecule has 1 aromatic heterocycles. The molecular formula is C24H24N2O8S. The third-order valence-electron chi connectivity index (χ3n) is 5.73. The number of aliphatic carboxylic acids is 1. The molecule has 0 spiro atoms. The summed E-state index contributed by atoms with van der Waals surface area (Å²) < 4.78 is 16.2. The minimum atomic E-state index is -1.30. The van der Waals surface area contributed by atoms with E-state index in [4.69, 9.17) is 13.9 Å². The molecule has 2 N–H and O–H groups in total. The predicted molar refractivity (Wildman–Crippen MR) is 125 cm³/mol. The second kappa shape index (κ2) is 9.87. The Labute approximate surface area is 205 Å². The Morgan fingerprint density at radius 1 is 1.17 bits per heavy atom. The van der Waals surface area contributed by atoms with Gasteiger partial charge in [-0.05, 0) is 49.2 Å². The number of fused-ring (bicyclic) bond motifs is 1. The highest BCUT2D eigenvalue weighted by molar-refractivity contribution is 8.00. The van der Waals surface area contributed by atoms with Crippen molar-refractivity contribution in [3.05, 3.63) is 64.2 Å². The van der Waals surface area contributed by atoms with Crippen molar-refractivity contribution >= 4 is 35.5 Å². The fourth-order valence-corrected chi connectivity index (χ4v) is 5.06. The van der Waals surface area contributed by atoms with Gasteiger partial charge in [-0.1, -0.05) is 6.07 Å². The summed E-state index contributed by atoms with van der Waals surface area (Å²) in [4.78, 5) is 49.4. The number of β-lactam (4-membered cyclic amide) rings is 1. The molecule has 4 rings (SSSR count). The van der Waals surface area contributed by atoms with E-state index in [0.29, 0.717) is 17.1 Å². The minimum Gasteiger partial charge on any atom is -0.486 e. The van der Waals surface area contributed by atoms with Gasteiger partial charge in [-0.3, -0.25) is 19.3 Å². The number of amides is 2. The molecule has 10 nitrogen and oxygen atoms in total. The number of esters is 1. The zero-order chi connectivity index (χ0) is 25.3. The third kappa shape index (κ3) is 5.04. The van der Waals surface area contributed by atoms with Crippen LogP contribution in [-0.2, 0) is 25.7 Å². The van der Waals surface area contributed by atoms with Crippen molar-refractivity contribution in [3.63, 3.8) is 0 Å². The van der Waals surface area contributed by atoms with Gasteiger partial charge in [-0.15, -0.1) is 11.8 Å². The van der Waals surface area contributed by atoms with Gasteiger partial charge in [0, 0.05) is 18.2 Å². The van der Waals surface area contributed by atoms with Crippen LogP contribution in [0, 0.1) is 13.8 Å². The molecule has 2 amide bonds. The Bertz CT molecular complexity index is 1230. The van der Waals surface area contributed by atoms with Crippen LogP contribution in [0.1, 0.15) is 34.4 Å². The smallest absolute Gasteiger partial charge is 0.352 e. The van der Waals surface area contributed by atoms with Gasteiger partial charge >= 0.3 is 11.9 Å². The average Bonchev–Trinajstić information content (AvgIpc) is 3.30. The van der Waals surface area contributed by atoms with Crippen molar-refractivity contribution < 1.29 is 38.2 Å². The number of benzene rings is 1. The number of hydrogen-bond acceptors (Lipinski definition) is 8. The van der Waals surface area contributed by atoms with Gasteiger partial charge in [0.25, 0.3) is 11.8 Å². The van der Waals surface area contributed by atoms with E-state index in [1.165, 1.54) is 24.8 Å². The van der Waals surface area contributed by atoms with Crippen LogP contribution >= 0.6 is 11.8 Å². The van der Waals surface area contributed by atoms with E-state index >= 15 is 0 Å². The van der Waals surface area contributed by atoms with Gasteiger partial charge in [0.2, 0.25) is 0 Å². The zero-order valence-electron chi connectivity index (χ0n) is 19.3. The Balaban J connectivity index is 1.38. The molecule has 1 aromatic carbocycles. The van der Waals surface area contributed by atoms with Crippen molar-refractivity contribution in [2.24, 2.45) is 0 Å². The molecule has 0 aliphatic carbocycles. The van der Waals surface area contributed by atoms with E-state index in [9.17, 15) is 24.3 Å². The normalized spacial score (nSPS) is 19.1. The number of aryl methyl sites for hydroxylation is 2. The van der Waals surface area contributed by atoms with E-state index in [1.54, 1.807) is 6.07 Å². The molecule has 1 fully saturated rings. The second-order valence-corrected chi connectivity index (χ2v) is 9.30. The van der Waals surface area contributed by atoms with Crippen molar-refractivity contribution in [2.45, 2.75) is 38.8 Å². The van der Waals surface area contributed by atoms with Crippen LogP contribution in [0.25, 0.3) is 0 Å². The first-order chi connectivity index (χ1) is 16.7. The quantitative estimate of drug-likeness (QED) is 0.414. The maximum absolute atomic E-state index is 12.7. The minimum absolute atomic E-state index is 0.0142. The number of furan rings is 1. The van der Waals surface area contributed by atoms with Crippen molar-refractivity contribution in [3.8, 4) is 5.75 Å². The van der Waals surface area contributed by atoms with Gasteiger partial charge in [0.05, 0.1) is 0 Å². The lowest BCUT2D eigenvalue weighted by molar-refractivity contribution is -0.149. The van der Waals surface area contributed by atoms with Crippen LogP contribution in [0.3, 0.4) is 0 Å². The molecule has 35 heavy (non-hydrogen) atoms. The summed E-state index contributed by atoms with van der Waals surface area (Å²) in [5.41, 5.74) is 2.36. The molecule has 2 aromatic rings. The molecule has 0 saturated carbocycles. The number of nitrogens with one attached hydrogen (secondary N) is 1. The Morgan fingerprint density at radius 3 is 2.63 bits per heavy atom. The third-order valence-corrected chi connectivity index (χ3v) is 7.07. The summed E-state index contributed by atoms with van der Waals surface area (Å²) in [5, 5.41) is 11.6.